The largest absolute Gasteiger partial charge is 0.480 e. The number of nitrogen functional groups attached to an aromatic ring is 1. The van der Waals surface area contributed by atoms with Crippen LogP contribution in [0.3, 0.4) is 0 Å². The summed E-state index contributed by atoms with van der Waals surface area (Å²) in [5, 5.41) is 9.19. The van der Waals surface area contributed by atoms with Gasteiger partial charge >= 0.3 is 5.97 Å². The topological polar surface area (TPSA) is 83.6 Å². The summed E-state index contributed by atoms with van der Waals surface area (Å²) in [4.78, 5) is 24.3. The third-order valence-electron chi connectivity index (χ3n) is 2.72. The number of nitrogens with zero attached hydrogens (tertiary/aromatic N) is 1. The summed E-state index contributed by atoms with van der Waals surface area (Å²) in [5.41, 5.74) is 6.33. The quantitative estimate of drug-likeness (QED) is 0.813. The zero-order valence-electron chi connectivity index (χ0n) is 9.60. The molecule has 0 aromatic heterocycles. The average molecular weight is 269 g/mol. The van der Waals surface area contributed by atoms with Gasteiger partial charge in [-0.15, -0.1) is 0 Å². The molecular weight excluding hydrogens is 256 g/mol. The highest BCUT2D eigenvalue weighted by Crippen LogP contribution is 2.29. The molecule has 2 rings (SSSR count). The molecule has 0 unspecified atom stereocenters. The molecule has 1 aliphatic rings. The maximum absolute atomic E-state index is 12.2. The zero-order valence-corrected chi connectivity index (χ0v) is 10.4. The minimum Gasteiger partial charge on any atom is -0.480 e. The number of anilines is 1. The molecule has 1 amide bonds. The lowest BCUT2D eigenvalue weighted by molar-refractivity contribution is -0.137. The molecule has 0 heterocycles. The second kappa shape index (κ2) is 4.86. The summed E-state index contributed by atoms with van der Waals surface area (Å²) in [6.07, 6.45) is 1.68. The Morgan fingerprint density at radius 1 is 1.39 bits per heavy atom. The van der Waals surface area contributed by atoms with Gasteiger partial charge < -0.3 is 15.7 Å². The van der Waals surface area contributed by atoms with Gasteiger partial charge in [0.05, 0.1) is 0 Å². The Hall–Kier alpha value is -1.75. The fourth-order valence-corrected chi connectivity index (χ4v) is 2.04. The third kappa shape index (κ3) is 2.92. The summed E-state index contributed by atoms with van der Waals surface area (Å²) in [6.45, 7) is -0.296. The van der Waals surface area contributed by atoms with Crippen LogP contribution in [-0.2, 0) is 4.79 Å². The fraction of sp³-hybridized carbons (Fsp3) is 0.333. The van der Waals surface area contributed by atoms with Gasteiger partial charge in [0, 0.05) is 22.3 Å². The van der Waals surface area contributed by atoms with Gasteiger partial charge in [-0.05, 0) is 31.0 Å². The van der Waals surface area contributed by atoms with E-state index < -0.39 is 5.97 Å². The van der Waals surface area contributed by atoms with E-state index in [2.05, 4.69) is 0 Å². The van der Waals surface area contributed by atoms with Gasteiger partial charge in [0.2, 0.25) is 0 Å². The first-order valence-electron chi connectivity index (χ1n) is 5.56. The van der Waals surface area contributed by atoms with Crippen molar-refractivity contribution in [3.8, 4) is 0 Å². The number of rotatable bonds is 4. The normalized spacial score (nSPS) is 14.3. The van der Waals surface area contributed by atoms with Crippen LogP contribution >= 0.6 is 11.6 Å². The summed E-state index contributed by atoms with van der Waals surface area (Å²) >= 11 is 5.83. The number of carboxylic acids is 1. The molecule has 0 radical (unpaired) electrons. The van der Waals surface area contributed by atoms with Crippen LogP contribution in [0.15, 0.2) is 18.2 Å². The summed E-state index contributed by atoms with van der Waals surface area (Å²) < 4.78 is 0. The fourth-order valence-electron chi connectivity index (χ4n) is 1.80. The minimum atomic E-state index is -1.02. The highest BCUT2D eigenvalue weighted by Gasteiger charge is 2.34. The van der Waals surface area contributed by atoms with Gasteiger partial charge in [0.25, 0.3) is 5.91 Å². The highest BCUT2D eigenvalue weighted by atomic mass is 35.5. The Morgan fingerprint density at radius 3 is 2.56 bits per heavy atom. The van der Waals surface area contributed by atoms with Crippen molar-refractivity contribution in [2.24, 2.45) is 0 Å². The Bertz CT molecular complexity index is 480. The van der Waals surface area contributed by atoms with Crippen molar-refractivity contribution in [1.29, 1.82) is 0 Å². The molecule has 96 valence electrons. The zero-order chi connectivity index (χ0) is 13.3. The summed E-state index contributed by atoms with van der Waals surface area (Å²) in [5.74, 6) is -1.36. The molecule has 1 aliphatic carbocycles. The molecule has 0 spiro atoms. The SMILES string of the molecule is Nc1cc(Cl)cc(C(=O)N(CC(=O)O)C2CC2)c1. The van der Waals surface area contributed by atoms with E-state index in [9.17, 15) is 9.59 Å². The van der Waals surface area contributed by atoms with Crippen LogP contribution in [0.25, 0.3) is 0 Å². The Morgan fingerprint density at radius 2 is 2.06 bits per heavy atom. The van der Waals surface area contributed by atoms with Crippen molar-refractivity contribution < 1.29 is 14.7 Å². The van der Waals surface area contributed by atoms with Crippen LogP contribution in [0.2, 0.25) is 5.02 Å². The van der Waals surface area contributed by atoms with Crippen LogP contribution in [0.1, 0.15) is 23.2 Å². The predicted molar refractivity (Wildman–Crippen MR) is 67.6 cm³/mol. The van der Waals surface area contributed by atoms with Crippen molar-refractivity contribution in [2.45, 2.75) is 18.9 Å². The minimum absolute atomic E-state index is 0.0220. The van der Waals surface area contributed by atoms with Crippen molar-refractivity contribution in [3.05, 3.63) is 28.8 Å². The van der Waals surface area contributed by atoms with Gasteiger partial charge in [-0.2, -0.15) is 0 Å². The molecule has 1 saturated carbocycles. The van der Waals surface area contributed by atoms with Crippen molar-refractivity contribution >= 4 is 29.2 Å². The van der Waals surface area contributed by atoms with Crippen LogP contribution in [0.4, 0.5) is 5.69 Å². The van der Waals surface area contributed by atoms with E-state index in [1.165, 1.54) is 23.1 Å². The monoisotopic (exact) mass is 268 g/mol. The van der Waals surface area contributed by atoms with Gasteiger partial charge in [-0.25, -0.2) is 0 Å². The molecular formula is C12H13ClN2O3. The van der Waals surface area contributed by atoms with E-state index in [1.807, 2.05) is 0 Å². The van der Waals surface area contributed by atoms with E-state index in [0.717, 1.165) is 12.8 Å². The number of halogens is 1. The molecule has 1 aromatic carbocycles. The standard InChI is InChI=1S/C12H13ClN2O3/c13-8-3-7(4-9(14)5-8)12(18)15(6-11(16)17)10-1-2-10/h3-5,10H,1-2,6,14H2,(H,16,17). The number of benzene rings is 1. The molecule has 0 aliphatic heterocycles. The highest BCUT2D eigenvalue weighted by molar-refractivity contribution is 6.31. The molecule has 1 aromatic rings. The maximum Gasteiger partial charge on any atom is 0.323 e. The molecule has 6 heteroatoms. The first-order chi connectivity index (χ1) is 8.47. The molecule has 0 bridgehead atoms. The lowest BCUT2D eigenvalue weighted by Crippen LogP contribution is -2.37. The van der Waals surface area contributed by atoms with Crippen LogP contribution < -0.4 is 5.73 Å². The van der Waals surface area contributed by atoms with E-state index in [-0.39, 0.29) is 18.5 Å². The molecule has 0 saturated heterocycles. The molecule has 1 fully saturated rings. The molecule has 5 nitrogen and oxygen atoms in total. The van der Waals surface area contributed by atoms with Gasteiger partial charge in [-0.1, -0.05) is 11.6 Å². The number of carbonyl (C=O) groups is 2. The number of nitrogens with two attached hydrogens (primary N) is 1. The summed E-state index contributed by atoms with van der Waals surface area (Å²) in [6, 6.07) is 4.56. The van der Waals surface area contributed by atoms with Gasteiger partial charge in [0.15, 0.2) is 0 Å². The second-order valence-electron chi connectivity index (χ2n) is 4.33. The van der Waals surface area contributed by atoms with Crippen molar-refractivity contribution in [3.63, 3.8) is 0 Å². The van der Waals surface area contributed by atoms with E-state index in [4.69, 9.17) is 22.4 Å². The van der Waals surface area contributed by atoms with Crippen LogP contribution in [0, 0.1) is 0 Å². The first-order valence-corrected chi connectivity index (χ1v) is 5.94. The van der Waals surface area contributed by atoms with E-state index in [1.54, 1.807) is 0 Å². The molecule has 18 heavy (non-hydrogen) atoms. The van der Waals surface area contributed by atoms with Crippen LogP contribution in [0.5, 0.6) is 0 Å². The lowest BCUT2D eigenvalue weighted by Gasteiger charge is -2.20. The number of carbonyl (C=O) groups excluding carboxylic acids is 1. The Balaban J connectivity index is 2.24. The van der Waals surface area contributed by atoms with Crippen molar-refractivity contribution in [2.75, 3.05) is 12.3 Å². The molecule has 3 N–H and O–H groups in total. The van der Waals surface area contributed by atoms with E-state index >= 15 is 0 Å². The predicted octanol–water partition coefficient (Wildman–Crippen LogP) is 1.61. The maximum atomic E-state index is 12.2. The number of hydrogen-bond acceptors (Lipinski definition) is 3. The molecule has 0 atom stereocenters. The van der Waals surface area contributed by atoms with Gasteiger partial charge in [-0.3, -0.25) is 9.59 Å². The second-order valence-corrected chi connectivity index (χ2v) is 4.77. The average Bonchev–Trinajstić information content (AvgIpc) is 3.07. The first kappa shape index (κ1) is 12.7. The van der Waals surface area contributed by atoms with Crippen LogP contribution in [-0.4, -0.2) is 34.5 Å². The number of carboxylic acid groups (broad SMARTS) is 1. The van der Waals surface area contributed by atoms with Gasteiger partial charge in [0.1, 0.15) is 6.54 Å². The van der Waals surface area contributed by atoms with Crippen molar-refractivity contribution in [1.82, 2.24) is 4.90 Å². The number of aliphatic carboxylic acids is 1. The number of hydrogen-bond donors (Lipinski definition) is 2. The van der Waals surface area contributed by atoms with E-state index in [0.29, 0.717) is 16.3 Å². The lowest BCUT2D eigenvalue weighted by atomic mass is 10.1. The third-order valence-corrected chi connectivity index (χ3v) is 2.94. The smallest absolute Gasteiger partial charge is 0.323 e. The Kier molecular flexibility index (Phi) is 3.43. The summed E-state index contributed by atoms with van der Waals surface area (Å²) in [7, 11) is 0. The Labute approximate surface area is 109 Å². The number of amides is 1.